The number of aryl methyl sites for hydroxylation is 1. The molecule has 9 nitrogen and oxygen atoms in total. The zero-order valence-corrected chi connectivity index (χ0v) is 21.3. The van der Waals surface area contributed by atoms with Gasteiger partial charge in [0.25, 0.3) is 5.91 Å². The zero-order valence-electron chi connectivity index (χ0n) is 20.5. The van der Waals surface area contributed by atoms with Crippen LogP contribution in [0.1, 0.15) is 29.5 Å². The molecular weight excluding hydrogens is 480 g/mol. The number of hydrogen-bond donors (Lipinski definition) is 2. The third-order valence-electron chi connectivity index (χ3n) is 7.22. The Labute approximate surface area is 211 Å². The average Bonchev–Trinajstić information content (AvgIpc) is 2.88. The highest BCUT2D eigenvalue weighted by molar-refractivity contribution is 7.89. The predicted octanol–water partition coefficient (Wildman–Crippen LogP) is 1.90. The van der Waals surface area contributed by atoms with Gasteiger partial charge in [-0.2, -0.15) is 4.31 Å². The van der Waals surface area contributed by atoms with Crippen molar-refractivity contribution in [2.75, 3.05) is 44.6 Å². The molecule has 1 saturated heterocycles. The molecule has 5 rings (SSSR count). The van der Waals surface area contributed by atoms with E-state index in [-0.39, 0.29) is 35.8 Å². The van der Waals surface area contributed by atoms with Gasteiger partial charge in [0.05, 0.1) is 16.5 Å². The van der Waals surface area contributed by atoms with Crippen molar-refractivity contribution in [1.82, 2.24) is 14.5 Å². The molecular formula is C26H32N4O5S. The van der Waals surface area contributed by atoms with Gasteiger partial charge in [-0.05, 0) is 48.9 Å². The second kappa shape index (κ2) is 10.2. The molecule has 3 heterocycles. The maximum atomic E-state index is 13.5. The van der Waals surface area contributed by atoms with Gasteiger partial charge < -0.3 is 15.4 Å². The van der Waals surface area contributed by atoms with E-state index in [1.807, 2.05) is 0 Å². The van der Waals surface area contributed by atoms with Crippen molar-refractivity contribution in [3.8, 4) is 5.75 Å². The summed E-state index contributed by atoms with van der Waals surface area (Å²) in [5.74, 6) is -0.414. The van der Waals surface area contributed by atoms with E-state index in [9.17, 15) is 18.0 Å². The molecule has 3 aliphatic heterocycles. The fourth-order valence-corrected chi connectivity index (χ4v) is 6.98. The molecule has 0 radical (unpaired) electrons. The molecule has 2 amide bonds. The van der Waals surface area contributed by atoms with E-state index in [2.05, 4.69) is 39.8 Å². The van der Waals surface area contributed by atoms with Crippen molar-refractivity contribution in [1.29, 1.82) is 0 Å². The first kappa shape index (κ1) is 24.7. The Kier molecular flexibility index (Phi) is 7.00. The number of fused-ring (bicyclic) bond motifs is 2. The fourth-order valence-electron chi connectivity index (χ4n) is 5.23. The Bertz CT molecular complexity index is 1280. The number of sulfonamides is 1. The third-order valence-corrected chi connectivity index (χ3v) is 9.23. The molecule has 192 valence electrons. The molecule has 2 N–H and O–H groups in total. The monoisotopic (exact) mass is 512 g/mol. The summed E-state index contributed by atoms with van der Waals surface area (Å²) in [7, 11) is -3.82. The minimum absolute atomic E-state index is 0.0967. The molecule has 1 atom stereocenters. The quantitative estimate of drug-likeness (QED) is 0.612. The van der Waals surface area contributed by atoms with Crippen LogP contribution in [0.3, 0.4) is 0 Å². The van der Waals surface area contributed by atoms with E-state index < -0.39 is 10.0 Å². The number of rotatable bonds is 6. The number of hydrogen-bond acceptors (Lipinski definition) is 6. The van der Waals surface area contributed by atoms with E-state index in [0.29, 0.717) is 42.9 Å². The minimum atomic E-state index is -3.82. The molecule has 0 bridgehead atoms. The number of nitrogens with one attached hydrogen (secondary N) is 2. The number of ether oxygens (including phenoxy) is 1. The van der Waals surface area contributed by atoms with Gasteiger partial charge in [0.2, 0.25) is 15.9 Å². The summed E-state index contributed by atoms with van der Waals surface area (Å²) >= 11 is 0. The SMILES string of the molecule is Cc1cc2c(cc1S(=O)(=O)N1CCCC(C(=O)NCCN3CCc4ccccc4C3)C1)OCC(=O)N2. The van der Waals surface area contributed by atoms with Crippen molar-refractivity contribution in [2.45, 2.75) is 37.6 Å². The average molecular weight is 513 g/mol. The zero-order chi connectivity index (χ0) is 25.3. The first-order chi connectivity index (χ1) is 17.3. The first-order valence-electron chi connectivity index (χ1n) is 12.5. The molecule has 0 aromatic heterocycles. The Morgan fingerprint density at radius 3 is 2.83 bits per heavy atom. The summed E-state index contributed by atoms with van der Waals surface area (Å²) in [6, 6.07) is 11.6. The first-order valence-corrected chi connectivity index (χ1v) is 13.9. The van der Waals surface area contributed by atoms with Gasteiger partial charge >= 0.3 is 0 Å². The van der Waals surface area contributed by atoms with Crippen LogP contribution in [0.2, 0.25) is 0 Å². The number of amides is 2. The summed E-state index contributed by atoms with van der Waals surface area (Å²) in [4.78, 5) is 27.0. The van der Waals surface area contributed by atoms with E-state index >= 15 is 0 Å². The number of anilines is 1. The lowest BCUT2D eigenvalue weighted by Crippen LogP contribution is -2.46. The standard InChI is InChI=1S/C26H32N4O5S/c1-18-13-22-23(35-17-25(31)28-22)14-24(18)36(33,34)30-10-4-7-21(16-30)26(32)27-9-12-29-11-8-19-5-2-3-6-20(19)15-29/h2-3,5-6,13-14,21H,4,7-12,15-17H2,1H3,(H,27,32)(H,28,31). The molecule has 36 heavy (non-hydrogen) atoms. The van der Waals surface area contributed by atoms with Crippen LogP contribution in [0.25, 0.3) is 0 Å². The fraction of sp³-hybridized carbons (Fsp3) is 0.462. The highest BCUT2D eigenvalue weighted by atomic mass is 32.2. The summed E-state index contributed by atoms with van der Waals surface area (Å²) in [6.45, 7) is 5.22. The Morgan fingerprint density at radius 1 is 1.19 bits per heavy atom. The number of nitrogens with zero attached hydrogens (tertiary/aromatic N) is 2. The number of carbonyl (C=O) groups excluding carboxylic acids is 2. The lowest BCUT2D eigenvalue weighted by atomic mass is 9.98. The van der Waals surface area contributed by atoms with Gasteiger partial charge in [0.1, 0.15) is 5.75 Å². The Balaban J connectivity index is 1.18. The largest absolute Gasteiger partial charge is 0.482 e. The maximum Gasteiger partial charge on any atom is 0.262 e. The number of carbonyl (C=O) groups is 2. The van der Waals surface area contributed by atoms with Crippen LogP contribution in [0.4, 0.5) is 5.69 Å². The molecule has 0 spiro atoms. The topological polar surface area (TPSA) is 108 Å². The van der Waals surface area contributed by atoms with E-state index in [1.165, 1.54) is 21.5 Å². The molecule has 2 aromatic carbocycles. The number of piperidine rings is 1. The highest BCUT2D eigenvalue weighted by Gasteiger charge is 2.35. The smallest absolute Gasteiger partial charge is 0.262 e. The van der Waals surface area contributed by atoms with Crippen molar-refractivity contribution >= 4 is 27.5 Å². The summed E-state index contributed by atoms with van der Waals surface area (Å²) in [6.07, 6.45) is 2.29. The van der Waals surface area contributed by atoms with Gasteiger partial charge in [-0.1, -0.05) is 24.3 Å². The lowest BCUT2D eigenvalue weighted by Gasteiger charge is -2.32. The maximum absolute atomic E-state index is 13.5. The lowest BCUT2D eigenvalue weighted by molar-refractivity contribution is -0.126. The summed E-state index contributed by atoms with van der Waals surface area (Å²) in [5.41, 5.74) is 3.73. The minimum Gasteiger partial charge on any atom is -0.482 e. The van der Waals surface area contributed by atoms with Crippen molar-refractivity contribution < 1.29 is 22.7 Å². The van der Waals surface area contributed by atoms with Gasteiger partial charge in [0, 0.05) is 45.3 Å². The molecule has 0 aliphatic carbocycles. The molecule has 10 heteroatoms. The number of benzene rings is 2. The van der Waals surface area contributed by atoms with E-state index in [0.717, 1.165) is 26.1 Å². The van der Waals surface area contributed by atoms with Crippen LogP contribution in [-0.2, 0) is 32.6 Å². The predicted molar refractivity (Wildman–Crippen MR) is 135 cm³/mol. The van der Waals surface area contributed by atoms with Crippen molar-refractivity contribution in [3.05, 3.63) is 53.1 Å². The van der Waals surface area contributed by atoms with E-state index in [4.69, 9.17) is 4.74 Å². The normalized spacial score (nSPS) is 20.6. The van der Waals surface area contributed by atoms with Crippen LogP contribution in [-0.4, -0.2) is 68.8 Å². The Morgan fingerprint density at radius 2 is 2.00 bits per heavy atom. The second-order valence-electron chi connectivity index (χ2n) is 9.74. The van der Waals surface area contributed by atoms with Crippen LogP contribution in [0.15, 0.2) is 41.3 Å². The molecule has 0 saturated carbocycles. The highest BCUT2D eigenvalue weighted by Crippen LogP contribution is 2.35. The van der Waals surface area contributed by atoms with E-state index in [1.54, 1.807) is 13.0 Å². The van der Waals surface area contributed by atoms with Gasteiger partial charge in [-0.25, -0.2) is 8.42 Å². The van der Waals surface area contributed by atoms with Gasteiger partial charge in [-0.3, -0.25) is 14.5 Å². The summed E-state index contributed by atoms with van der Waals surface area (Å²) < 4.78 is 33.8. The molecule has 2 aromatic rings. The van der Waals surface area contributed by atoms with Crippen molar-refractivity contribution in [3.63, 3.8) is 0 Å². The second-order valence-corrected chi connectivity index (χ2v) is 11.6. The van der Waals surface area contributed by atoms with Crippen LogP contribution >= 0.6 is 0 Å². The molecule has 1 fully saturated rings. The van der Waals surface area contributed by atoms with Crippen LogP contribution in [0.5, 0.6) is 5.75 Å². The Hall–Kier alpha value is -2.95. The van der Waals surface area contributed by atoms with Gasteiger partial charge in [0.15, 0.2) is 6.61 Å². The van der Waals surface area contributed by atoms with Crippen molar-refractivity contribution in [2.24, 2.45) is 5.92 Å². The summed E-state index contributed by atoms with van der Waals surface area (Å²) in [5, 5.41) is 5.73. The molecule has 3 aliphatic rings. The van der Waals surface area contributed by atoms with Gasteiger partial charge in [-0.15, -0.1) is 0 Å². The molecule has 1 unspecified atom stereocenters. The third kappa shape index (κ3) is 5.11. The van der Waals surface area contributed by atoms with Crippen LogP contribution in [0, 0.1) is 12.8 Å². The van der Waals surface area contributed by atoms with Crippen LogP contribution < -0.4 is 15.4 Å².